The zero-order valence-electron chi connectivity index (χ0n) is 13.1. The van der Waals surface area contributed by atoms with E-state index in [1.54, 1.807) is 6.92 Å². The van der Waals surface area contributed by atoms with Crippen LogP contribution in [0.25, 0.3) is 0 Å². The molecule has 1 unspecified atom stereocenters. The fourth-order valence-electron chi connectivity index (χ4n) is 2.48. The summed E-state index contributed by atoms with van der Waals surface area (Å²) in [6.07, 6.45) is 11.1. The molecule has 0 bridgehead atoms. The lowest BCUT2D eigenvalue weighted by Crippen LogP contribution is -2.45. The molecule has 0 aromatic carbocycles. The topological polar surface area (TPSA) is 48.9 Å². The van der Waals surface area contributed by atoms with Crippen molar-refractivity contribution in [3.05, 3.63) is 18.2 Å². The smallest absolute Gasteiger partial charge is 0.256 e. The molecule has 0 aliphatic carbocycles. The fraction of sp³-hybridized carbons (Fsp3) is 0.750. The first-order valence-electron chi connectivity index (χ1n) is 7.88. The minimum atomic E-state index is -0.974. The summed E-state index contributed by atoms with van der Waals surface area (Å²) in [5.41, 5.74) is 0. The summed E-state index contributed by atoms with van der Waals surface area (Å²) in [6.45, 7) is 7.58. The van der Waals surface area contributed by atoms with Crippen molar-refractivity contribution in [3.63, 3.8) is 0 Å². The second-order valence-electron chi connectivity index (χ2n) is 5.59. The Morgan fingerprint density at radius 2 is 2.05 bits per heavy atom. The predicted octanol–water partition coefficient (Wildman–Crippen LogP) is 1.69. The number of hydrogen-bond donors (Lipinski definition) is 0. The molecule has 0 fully saturated rings. The molecule has 0 amide bonds. The van der Waals surface area contributed by atoms with Crippen LogP contribution >= 0.6 is 0 Å². The average Bonchev–Trinajstić information content (AvgIpc) is 2.78. The minimum absolute atomic E-state index is 0.452. The van der Waals surface area contributed by atoms with E-state index in [1.165, 1.54) is 31.5 Å². The van der Waals surface area contributed by atoms with E-state index >= 15 is 0 Å². The van der Waals surface area contributed by atoms with Crippen molar-refractivity contribution in [3.8, 4) is 0 Å². The largest absolute Gasteiger partial charge is 0.550 e. The normalized spacial score (nSPS) is 12.6. The van der Waals surface area contributed by atoms with Crippen LogP contribution in [-0.4, -0.2) is 10.5 Å². The van der Waals surface area contributed by atoms with Crippen molar-refractivity contribution in [1.82, 2.24) is 4.57 Å². The number of aliphatic carboxylic acids is 1. The van der Waals surface area contributed by atoms with Gasteiger partial charge in [-0.15, -0.1) is 0 Å². The molecule has 114 valence electrons. The molecule has 4 heteroatoms. The molecule has 0 N–H and O–H groups in total. The molecule has 1 atom stereocenters. The lowest BCUT2D eigenvalue weighted by Gasteiger charge is -2.11. The number of aryl methyl sites for hydroxylation is 1. The van der Waals surface area contributed by atoms with E-state index in [4.69, 9.17) is 0 Å². The van der Waals surface area contributed by atoms with Crippen LogP contribution in [0.4, 0.5) is 0 Å². The van der Waals surface area contributed by atoms with Gasteiger partial charge in [-0.05, 0) is 12.8 Å². The summed E-state index contributed by atoms with van der Waals surface area (Å²) >= 11 is 0. The van der Waals surface area contributed by atoms with E-state index in [2.05, 4.69) is 29.2 Å². The van der Waals surface area contributed by atoms with Crippen molar-refractivity contribution in [2.45, 2.75) is 72.4 Å². The molecular formula is C16H28N2O2. The van der Waals surface area contributed by atoms with Crippen LogP contribution in [0.3, 0.4) is 0 Å². The summed E-state index contributed by atoms with van der Waals surface area (Å²) in [6, 6.07) is 0. The molecule has 0 spiro atoms. The Balaban J connectivity index is 2.74. The minimum Gasteiger partial charge on any atom is -0.550 e. The molecule has 1 aromatic rings. The van der Waals surface area contributed by atoms with Crippen LogP contribution in [0.15, 0.2) is 12.4 Å². The number of aromatic nitrogens is 2. The second kappa shape index (κ2) is 8.77. The SMILES string of the molecule is CCCCCCc1n(CCC)cc[n+]1CC(C)C(=O)[O-]. The number of carboxylic acid groups (broad SMARTS) is 1. The molecule has 0 aliphatic heterocycles. The van der Waals surface area contributed by atoms with Gasteiger partial charge in [-0.2, -0.15) is 0 Å². The summed E-state index contributed by atoms with van der Waals surface area (Å²) in [5.74, 6) is -0.180. The lowest BCUT2D eigenvalue weighted by molar-refractivity contribution is -0.708. The van der Waals surface area contributed by atoms with Gasteiger partial charge in [-0.3, -0.25) is 0 Å². The van der Waals surface area contributed by atoms with Gasteiger partial charge in [0.25, 0.3) is 5.82 Å². The molecule has 1 heterocycles. The van der Waals surface area contributed by atoms with E-state index < -0.39 is 11.9 Å². The number of carbonyl (C=O) groups excluding carboxylic acids is 1. The van der Waals surface area contributed by atoms with E-state index in [0.29, 0.717) is 6.54 Å². The Bertz CT molecular complexity index is 413. The maximum Gasteiger partial charge on any atom is 0.256 e. The summed E-state index contributed by atoms with van der Waals surface area (Å²) < 4.78 is 4.34. The average molecular weight is 280 g/mol. The highest BCUT2D eigenvalue weighted by atomic mass is 16.4. The number of unbranched alkanes of at least 4 members (excludes halogenated alkanes) is 3. The molecular weight excluding hydrogens is 252 g/mol. The van der Waals surface area contributed by atoms with Crippen LogP contribution in [0.1, 0.15) is 58.7 Å². The molecule has 1 rings (SSSR count). The van der Waals surface area contributed by atoms with Crippen molar-refractivity contribution in [2.75, 3.05) is 0 Å². The highest BCUT2D eigenvalue weighted by molar-refractivity contribution is 5.66. The van der Waals surface area contributed by atoms with E-state index in [0.717, 1.165) is 19.4 Å². The van der Waals surface area contributed by atoms with Gasteiger partial charge in [0, 0.05) is 18.3 Å². The quantitative estimate of drug-likeness (QED) is 0.484. The third kappa shape index (κ3) is 4.99. The fourth-order valence-corrected chi connectivity index (χ4v) is 2.48. The Morgan fingerprint density at radius 1 is 1.30 bits per heavy atom. The Hall–Kier alpha value is -1.32. The molecule has 0 saturated carbocycles. The van der Waals surface area contributed by atoms with Gasteiger partial charge in [0.1, 0.15) is 12.4 Å². The number of nitrogens with zero attached hydrogens (tertiary/aromatic N) is 2. The first kappa shape index (κ1) is 16.7. The first-order chi connectivity index (χ1) is 9.60. The first-order valence-corrected chi connectivity index (χ1v) is 7.88. The summed E-state index contributed by atoms with van der Waals surface area (Å²) in [5, 5.41) is 10.9. The summed E-state index contributed by atoms with van der Waals surface area (Å²) in [4.78, 5) is 10.9. The van der Waals surface area contributed by atoms with Crippen molar-refractivity contribution >= 4 is 5.97 Å². The van der Waals surface area contributed by atoms with Gasteiger partial charge >= 0.3 is 0 Å². The van der Waals surface area contributed by atoms with Gasteiger partial charge in [0.15, 0.2) is 0 Å². The van der Waals surface area contributed by atoms with Crippen LogP contribution in [0, 0.1) is 5.92 Å². The van der Waals surface area contributed by atoms with E-state index in [-0.39, 0.29) is 0 Å². The maximum atomic E-state index is 10.9. The van der Waals surface area contributed by atoms with E-state index in [1.807, 2.05) is 6.20 Å². The van der Waals surface area contributed by atoms with Crippen LogP contribution in [0.2, 0.25) is 0 Å². The third-order valence-electron chi connectivity index (χ3n) is 3.68. The Labute approximate surface area is 122 Å². The third-order valence-corrected chi connectivity index (χ3v) is 3.68. The van der Waals surface area contributed by atoms with Crippen LogP contribution in [-0.2, 0) is 24.3 Å². The van der Waals surface area contributed by atoms with Gasteiger partial charge in [0.05, 0.1) is 13.1 Å². The van der Waals surface area contributed by atoms with E-state index in [9.17, 15) is 9.90 Å². The number of carbonyl (C=O) groups is 1. The highest BCUT2D eigenvalue weighted by Crippen LogP contribution is 2.07. The van der Waals surface area contributed by atoms with Crippen molar-refractivity contribution in [2.24, 2.45) is 5.92 Å². The zero-order valence-corrected chi connectivity index (χ0v) is 13.1. The Kier molecular flexibility index (Phi) is 7.34. The molecule has 0 radical (unpaired) electrons. The van der Waals surface area contributed by atoms with Gasteiger partial charge in [-0.1, -0.05) is 40.0 Å². The zero-order chi connectivity index (χ0) is 15.0. The van der Waals surface area contributed by atoms with Gasteiger partial charge in [-0.25, -0.2) is 9.13 Å². The molecule has 4 nitrogen and oxygen atoms in total. The standard InChI is InChI=1S/C16H28N2O2/c1-4-6-7-8-9-15-17(10-5-2)11-12-18(15)13-14(3)16(19)20/h11-12,14H,4-10,13H2,1-3H3. The van der Waals surface area contributed by atoms with Gasteiger partial charge in [0.2, 0.25) is 0 Å². The maximum absolute atomic E-state index is 10.9. The van der Waals surface area contributed by atoms with Crippen molar-refractivity contribution < 1.29 is 14.5 Å². The molecule has 1 aromatic heterocycles. The lowest BCUT2D eigenvalue weighted by atomic mass is 10.1. The van der Waals surface area contributed by atoms with Crippen molar-refractivity contribution in [1.29, 1.82) is 0 Å². The number of hydrogen-bond acceptors (Lipinski definition) is 2. The summed E-state index contributed by atoms with van der Waals surface area (Å²) in [7, 11) is 0. The van der Waals surface area contributed by atoms with Crippen LogP contribution < -0.4 is 9.67 Å². The molecule has 0 saturated heterocycles. The number of imidazole rings is 1. The van der Waals surface area contributed by atoms with Crippen LogP contribution in [0.5, 0.6) is 0 Å². The predicted molar refractivity (Wildman–Crippen MR) is 76.9 cm³/mol. The molecule has 0 aliphatic rings. The highest BCUT2D eigenvalue weighted by Gasteiger charge is 2.18. The van der Waals surface area contributed by atoms with Gasteiger partial charge < -0.3 is 9.90 Å². The second-order valence-corrected chi connectivity index (χ2v) is 5.59. The molecule has 20 heavy (non-hydrogen) atoms. The Morgan fingerprint density at radius 3 is 2.65 bits per heavy atom. The number of carboxylic acids is 1. The number of rotatable bonds is 10. The monoisotopic (exact) mass is 280 g/mol.